The lowest BCUT2D eigenvalue weighted by molar-refractivity contribution is -0.133. The topological polar surface area (TPSA) is 92.0 Å². The maximum Gasteiger partial charge on any atom is 0.409 e. The van der Waals surface area contributed by atoms with E-state index in [9.17, 15) is 9.59 Å². The summed E-state index contributed by atoms with van der Waals surface area (Å²) in [7, 11) is 0. The summed E-state index contributed by atoms with van der Waals surface area (Å²) in [4.78, 5) is 35.3. The standard InChI is InChI=1S/C23H31N5O4/c1-2-31-23(30)27-15-13-26(14-16-27)19-9-6-12-28(17-19)21(29)11-10-20-24-22(25-32-20)18-7-4-3-5-8-18/h3-5,7-8,19H,2,6,9-17H2,1H3. The fourth-order valence-corrected chi connectivity index (χ4v) is 4.40. The van der Waals surface area contributed by atoms with E-state index in [1.54, 1.807) is 4.90 Å². The summed E-state index contributed by atoms with van der Waals surface area (Å²) in [6.45, 7) is 6.72. The van der Waals surface area contributed by atoms with Gasteiger partial charge in [-0.1, -0.05) is 35.5 Å². The van der Waals surface area contributed by atoms with Crippen molar-refractivity contribution in [2.24, 2.45) is 0 Å². The van der Waals surface area contributed by atoms with Crippen molar-refractivity contribution in [1.82, 2.24) is 24.8 Å². The summed E-state index contributed by atoms with van der Waals surface area (Å²) < 4.78 is 10.4. The van der Waals surface area contributed by atoms with E-state index in [1.807, 2.05) is 42.2 Å². The highest BCUT2D eigenvalue weighted by Crippen LogP contribution is 2.20. The maximum absolute atomic E-state index is 12.8. The van der Waals surface area contributed by atoms with Gasteiger partial charge in [-0.3, -0.25) is 9.69 Å². The number of ether oxygens (including phenoxy) is 1. The highest BCUT2D eigenvalue weighted by molar-refractivity contribution is 5.76. The number of piperazine rings is 1. The third-order valence-electron chi connectivity index (χ3n) is 6.16. The van der Waals surface area contributed by atoms with Gasteiger partial charge in [-0.2, -0.15) is 4.98 Å². The number of carbonyl (C=O) groups is 2. The van der Waals surface area contributed by atoms with Gasteiger partial charge in [0.1, 0.15) is 0 Å². The van der Waals surface area contributed by atoms with Gasteiger partial charge >= 0.3 is 6.09 Å². The molecule has 2 aliphatic heterocycles. The molecule has 0 N–H and O–H groups in total. The second-order valence-electron chi connectivity index (χ2n) is 8.24. The maximum atomic E-state index is 12.8. The molecule has 1 unspecified atom stereocenters. The van der Waals surface area contributed by atoms with Gasteiger partial charge in [0.25, 0.3) is 0 Å². The van der Waals surface area contributed by atoms with Crippen molar-refractivity contribution >= 4 is 12.0 Å². The number of benzene rings is 1. The molecule has 1 atom stereocenters. The first kappa shape index (κ1) is 22.3. The lowest BCUT2D eigenvalue weighted by Gasteiger charge is -2.43. The Labute approximate surface area is 188 Å². The molecule has 9 heteroatoms. The van der Waals surface area contributed by atoms with Crippen molar-refractivity contribution in [2.45, 2.75) is 38.6 Å². The van der Waals surface area contributed by atoms with E-state index in [0.29, 0.717) is 50.3 Å². The number of amides is 2. The van der Waals surface area contributed by atoms with Gasteiger partial charge in [-0.05, 0) is 19.8 Å². The molecule has 0 aliphatic carbocycles. The summed E-state index contributed by atoms with van der Waals surface area (Å²) in [5.74, 6) is 1.16. The lowest BCUT2D eigenvalue weighted by atomic mass is 10.0. The first-order chi connectivity index (χ1) is 15.6. The molecule has 4 rings (SSSR count). The van der Waals surface area contributed by atoms with Gasteiger partial charge in [-0.15, -0.1) is 0 Å². The van der Waals surface area contributed by atoms with E-state index >= 15 is 0 Å². The smallest absolute Gasteiger partial charge is 0.409 e. The Hall–Kier alpha value is -2.94. The first-order valence-electron chi connectivity index (χ1n) is 11.5. The van der Waals surface area contributed by atoms with E-state index < -0.39 is 0 Å². The SMILES string of the molecule is CCOC(=O)N1CCN(C2CCCN(C(=O)CCc3nc(-c4ccccc4)no3)C2)CC1. The quantitative estimate of drug-likeness (QED) is 0.680. The van der Waals surface area contributed by atoms with Crippen molar-refractivity contribution in [1.29, 1.82) is 0 Å². The predicted octanol–water partition coefficient (Wildman–Crippen LogP) is 2.43. The molecule has 1 aromatic carbocycles. The summed E-state index contributed by atoms with van der Waals surface area (Å²) >= 11 is 0. The van der Waals surface area contributed by atoms with Crippen LogP contribution in [0.1, 0.15) is 32.1 Å². The predicted molar refractivity (Wildman–Crippen MR) is 118 cm³/mol. The van der Waals surface area contributed by atoms with E-state index in [-0.39, 0.29) is 12.0 Å². The first-order valence-corrected chi connectivity index (χ1v) is 11.5. The fraction of sp³-hybridized carbons (Fsp3) is 0.565. The van der Waals surface area contributed by atoms with Crippen LogP contribution in [0.25, 0.3) is 11.4 Å². The number of nitrogens with zero attached hydrogens (tertiary/aromatic N) is 5. The molecule has 1 aromatic heterocycles. The molecule has 9 nitrogen and oxygen atoms in total. The molecule has 0 saturated carbocycles. The van der Waals surface area contributed by atoms with Crippen molar-refractivity contribution in [3.8, 4) is 11.4 Å². The number of hydrogen-bond donors (Lipinski definition) is 0. The molecule has 0 radical (unpaired) electrons. The van der Waals surface area contributed by atoms with Gasteiger partial charge in [0.2, 0.25) is 17.6 Å². The lowest BCUT2D eigenvalue weighted by Crippen LogP contribution is -2.56. The molecular formula is C23H31N5O4. The Morgan fingerprint density at radius 1 is 1.09 bits per heavy atom. The van der Waals surface area contributed by atoms with Crippen LogP contribution in [0.5, 0.6) is 0 Å². The van der Waals surface area contributed by atoms with E-state index in [0.717, 1.165) is 44.6 Å². The number of piperidine rings is 1. The average Bonchev–Trinajstić information content (AvgIpc) is 3.32. The normalized spacial score (nSPS) is 19.7. The third-order valence-corrected chi connectivity index (χ3v) is 6.16. The van der Waals surface area contributed by atoms with Crippen LogP contribution in [0, 0.1) is 0 Å². The summed E-state index contributed by atoms with van der Waals surface area (Å²) in [6.07, 6.45) is 2.64. The molecule has 2 saturated heterocycles. The number of aromatic nitrogens is 2. The minimum atomic E-state index is -0.232. The van der Waals surface area contributed by atoms with Gasteiger partial charge in [0, 0.05) is 63.7 Å². The minimum Gasteiger partial charge on any atom is -0.450 e. The van der Waals surface area contributed by atoms with Crippen molar-refractivity contribution in [3.05, 3.63) is 36.2 Å². The van der Waals surface area contributed by atoms with Gasteiger partial charge in [-0.25, -0.2) is 4.79 Å². The van der Waals surface area contributed by atoms with Gasteiger partial charge in [0.15, 0.2) is 0 Å². The number of likely N-dealkylation sites (tertiary alicyclic amines) is 1. The van der Waals surface area contributed by atoms with Crippen LogP contribution in [0.2, 0.25) is 0 Å². The molecule has 0 bridgehead atoms. The van der Waals surface area contributed by atoms with Crippen molar-refractivity contribution in [3.63, 3.8) is 0 Å². The monoisotopic (exact) mass is 441 g/mol. The molecular weight excluding hydrogens is 410 g/mol. The molecule has 0 spiro atoms. The third kappa shape index (κ3) is 5.45. The molecule has 2 aromatic rings. The Kier molecular flexibility index (Phi) is 7.36. The van der Waals surface area contributed by atoms with Gasteiger partial charge in [0.05, 0.1) is 6.61 Å². The summed E-state index contributed by atoms with van der Waals surface area (Å²) in [6, 6.07) is 10.00. The van der Waals surface area contributed by atoms with E-state index in [4.69, 9.17) is 9.26 Å². The molecule has 3 heterocycles. The number of rotatable bonds is 6. The Morgan fingerprint density at radius 3 is 2.62 bits per heavy atom. The van der Waals surface area contributed by atoms with Crippen LogP contribution in [0.3, 0.4) is 0 Å². The molecule has 172 valence electrons. The van der Waals surface area contributed by atoms with Crippen LogP contribution >= 0.6 is 0 Å². The summed E-state index contributed by atoms with van der Waals surface area (Å²) in [5.41, 5.74) is 0.899. The van der Waals surface area contributed by atoms with Crippen LogP contribution in [0.4, 0.5) is 4.79 Å². The highest BCUT2D eigenvalue weighted by atomic mass is 16.6. The zero-order valence-electron chi connectivity index (χ0n) is 18.6. The number of aryl methyl sites for hydroxylation is 1. The van der Waals surface area contributed by atoms with E-state index in [2.05, 4.69) is 15.0 Å². The minimum absolute atomic E-state index is 0.124. The molecule has 2 fully saturated rings. The van der Waals surface area contributed by atoms with Crippen molar-refractivity contribution < 1.29 is 18.8 Å². The highest BCUT2D eigenvalue weighted by Gasteiger charge is 2.31. The molecule has 2 aliphatic rings. The molecule has 32 heavy (non-hydrogen) atoms. The number of hydrogen-bond acceptors (Lipinski definition) is 7. The average molecular weight is 442 g/mol. The Bertz CT molecular complexity index is 895. The fourth-order valence-electron chi connectivity index (χ4n) is 4.40. The number of carbonyl (C=O) groups excluding carboxylic acids is 2. The van der Waals surface area contributed by atoms with Crippen LogP contribution in [-0.4, -0.2) is 88.8 Å². The van der Waals surface area contributed by atoms with Crippen LogP contribution in [0.15, 0.2) is 34.9 Å². The Morgan fingerprint density at radius 2 is 1.88 bits per heavy atom. The second-order valence-corrected chi connectivity index (χ2v) is 8.24. The second kappa shape index (κ2) is 10.6. The van der Waals surface area contributed by atoms with Crippen molar-refractivity contribution in [2.75, 3.05) is 45.9 Å². The van der Waals surface area contributed by atoms with E-state index in [1.165, 1.54) is 0 Å². The zero-order chi connectivity index (χ0) is 22.3. The Balaban J connectivity index is 1.24. The molecule has 2 amide bonds. The van der Waals surface area contributed by atoms with Gasteiger partial charge < -0.3 is 19.1 Å². The largest absolute Gasteiger partial charge is 0.450 e. The van der Waals surface area contributed by atoms with Crippen LogP contribution in [-0.2, 0) is 16.0 Å². The van der Waals surface area contributed by atoms with Crippen LogP contribution < -0.4 is 0 Å². The summed E-state index contributed by atoms with van der Waals surface area (Å²) in [5, 5.41) is 4.03. The zero-order valence-corrected chi connectivity index (χ0v) is 18.6.